The van der Waals surface area contributed by atoms with Crippen molar-refractivity contribution in [3.8, 4) is 0 Å². The van der Waals surface area contributed by atoms with Crippen LogP contribution in [0.2, 0.25) is 0 Å². The van der Waals surface area contributed by atoms with E-state index in [9.17, 15) is 19.8 Å². The van der Waals surface area contributed by atoms with Crippen molar-refractivity contribution in [3.05, 3.63) is 11.6 Å². The van der Waals surface area contributed by atoms with Gasteiger partial charge in [0.05, 0.1) is 10.9 Å². The second-order valence-electron chi connectivity index (χ2n) is 9.50. The lowest BCUT2D eigenvalue weighted by Gasteiger charge is -2.61. The highest BCUT2D eigenvalue weighted by atomic mass is 79.9. The van der Waals surface area contributed by atoms with E-state index in [0.717, 1.165) is 25.7 Å². The maximum Gasteiger partial charge on any atom is 0.161 e. The van der Waals surface area contributed by atoms with Crippen LogP contribution in [0, 0.1) is 34.5 Å². The molecule has 0 aromatic rings. The minimum atomic E-state index is -1.31. The SMILES string of the molecule is C[C@]12CC[C@H]3[C@@H](C(Br)C(F)C4=CC(=O)CC(O)[C@@]43C)[C@@H]1CC[C@@H]2C(=O)CO. The predicted octanol–water partition coefficient (Wildman–Crippen LogP) is 2.99. The van der Waals surface area contributed by atoms with Crippen LogP contribution in [-0.4, -0.2) is 45.5 Å². The summed E-state index contributed by atoms with van der Waals surface area (Å²) in [6, 6.07) is 0. The van der Waals surface area contributed by atoms with Gasteiger partial charge in [-0.3, -0.25) is 9.59 Å². The first-order valence-electron chi connectivity index (χ1n) is 10.0. The number of hydrogen-bond donors (Lipinski definition) is 2. The molecule has 0 amide bonds. The summed E-state index contributed by atoms with van der Waals surface area (Å²) in [5, 5.41) is 20.2. The number of aliphatic hydroxyl groups is 2. The summed E-state index contributed by atoms with van der Waals surface area (Å²) >= 11 is 3.61. The van der Waals surface area contributed by atoms with E-state index in [1.54, 1.807) is 0 Å². The van der Waals surface area contributed by atoms with E-state index >= 15 is 4.39 Å². The van der Waals surface area contributed by atoms with Gasteiger partial charge in [-0.1, -0.05) is 29.8 Å². The average molecular weight is 443 g/mol. The number of aliphatic hydroxyl groups excluding tert-OH is 2. The molecule has 3 fully saturated rings. The van der Waals surface area contributed by atoms with Crippen LogP contribution in [0.1, 0.15) is 46.0 Å². The summed E-state index contributed by atoms with van der Waals surface area (Å²) < 4.78 is 15.5. The second kappa shape index (κ2) is 6.46. The summed E-state index contributed by atoms with van der Waals surface area (Å²) in [4.78, 5) is 23.9. The fourth-order valence-corrected chi connectivity index (χ4v) is 8.19. The molecule has 6 heteroatoms. The number of Topliss-reactive ketones (excluding diaryl/α,β-unsaturated/α-hetero) is 1. The molecule has 0 spiro atoms. The van der Waals surface area contributed by atoms with Gasteiger partial charge in [0.2, 0.25) is 0 Å². The van der Waals surface area contributed by atoms with Crippen LogP contribution < -0.4 is 0 Å². The number of carbonyl (C=O) groups excluding carboxylic acids is 2. The molecule has 0 saturated heterocycles. The van der Waals surface area contributed by atoms with Gasteiger partial charge in [-0.05, 0) is 60.5 Å². The molecule has 0 aliphatic heterocycles. The monoisotopic (exact) mass is 442 g/mol. The molecule has 0 bridgehead atoms. The van der Waals surface area contributed by atoms with Crippen molar-refractivity contribution in [1.29, 1.82) is 0 Å². The molecule has 3 unspecified atom stereocenters. The van der Waals surface area contributed by atoms with Crippen molar-refractivity contribution in [2.45, 2.75) is 63.1 Å². The zero-order chi connectivity index (χ0) is 19.7. The Balaban J connectivity index is 1.76. The first-order valence-corrected chi connectivity index (χ1v) is 10.9. The minimum Gasteiger partial charge on any atom is -0.392 e. The molecule has 4 aliphatic rings. The normalized spacial score (nSPS) is 51.9. The standard InChI is InChI=1S/C21H28BrFO4/c1-20-6-5-13-17(12(20)4-3-11(20)15(26)9-24)18(22)19(23)14-7-10(25)8-16(27)21(13,14)2/h7,11-13,16-19,24,27H,3-6,8-9H2,1-2H3/t11-,12+,13+,16?,17+,18?,19?,20-,21-/m1/s1. The molecule has 0 heterocycles. The maximum absolute atomic E-state index is 15.5. The van der Waals surface area contributed by atoms with Crippen molar-refractivity contribution < 1.29 is 24.2 Å². The molecular formula is C21H28BrFO4. The fraction of sp³-hybridized carbons (Fsp3) is 0.810. The average Bonchev–Trinajstić information content (AvgIpc) is 2.98. The van der Waals surface area contributed by atoms with Gasteiger partial charge in [-0.2, -0.15) is 0 Å². The topological polar surface area (TPSA) is 74.6 Å². The van der Waals surface area contributed by atoms with Gasteiger partial charge < -0.3 is 10.2 Å². The first kappa shape index (κ1) is 19.7. The molecule has 0 aromatic carbocycles. The minimum absolute atomic E-state index is 0.000227. The number of fused-ring (bicyclic) bond motifs is 5. The molecular weight excluding hydrogens is 415 g/mol. The first-order chi connectivity index (χ1) is 12.7. The van der Waals surface area contributed by atoms with Gasteiger partial charge in [0, 0.05) is 17.8 Å². The highest BCUT2D eigenvalue weighted by Gasteiger charge is 2.65. The number of carbonyl (C=O) groups is 2. The molecule has 27 heavy (non-hydrogen) atoms. The Morgan fingerprint density at radius 3 is 2.67 bits per heavy atom. The van der Waals surface area contributed by atoms with E-state index in [0.29, 0.717) is 5.57 Å². The van der Waals surface area contributed by atoms with E-state index in [4.69, 9.17) is 0 Å². The van der Waals surface area contributed by atoms with E-state index in [1.165, 1.54) is 6.08 Å². The van der Waals surface area contributed by atoms with Gasteiger partial charge in [-0.25, -0.2) is 4.39 Å². The van der Waals surface area contributed by atoms with Crippen LogP contribution in [0.3, 0.4) is 0 Å². The van der Waals surface area contributed by atoms with Crippen molar-refractivity contribution in [3.63, 3.8) is 0 Å². The quantitative estimate of drug-likeness (QED) is 0.644. The van der Waals surface area contributed by atoms with E-state index in [1.807, 2.05) is 6.92 Å². The molecule has 150 valence electrons. The summed E-state index contributed by atoms with van der Waals surface area (Å²) in [6.45, 7) is 3.61. The van der Waals surface area contributed by atoms with Crippen molar-refractivity contribution in [2.24, 2.45) is 34.5 Å². The lowest BCUT2D eigenvalue weighted by Crippen LogP contribution is -2.61. The Labute approximate surface area is 167 Å². The van der Waals surface area contributed by atoms with Crippen LogP contribution in [0.4, 0.5) is 4.39 Å². The number of ketones is 2. The number of rotatable bonds is 2. The van der Waals surface area contributed by atoms with Crippen LogP contribution >= 0.6 is 15.9 Å². The van der Waals surface area contributed by atoms with Crippen LogP contribution in [0.5, 0.6) is 0 Å². The maximum atomic E-state index is 15.5. The Morgan fingerprint density at radius 1 is 1.30 bits per heavy atom. The Bertz CT molecular complexity index is 708. The van der Waals surface area contributed by atoms with Crippen molar-refractivity contribution in [2.75, 3.05) is 6.61 Å². The zero-order valence-electron chi connectivity index (χ0n) is 15.8. The number of halogens is 2. The smallest absolute Gasteiger partial charge is 0.161 e. The third-order valence-electron chi connectivity index (χ3n) is 8.62. The third-order valence-corrected chi connectivity index (χ3v) is 9.69. The lowest BCUT2D eigenvalue weighted by molar-refractivity contribution is -0.139. The fourth-order valence-electron chi connectivity index (χ4n) is 7.17. The zero-order valence-corrected chi connectivity index (χ0v) is 17.4. The highest BCUT2D eigenvalue weighted by Crippen LogP contribution is 2.67. The molecule has 3 saturated carbocycles. The van der Waals surface area contributed by atoms with Crippen LogP contribution in [0.25, 0.3) is 0 Å². The summed E-state index contributed by atoms with van der Waals surface area (Å²) in [5.74, 6) is -0.237. The van der Waals surface area contributed by atoms with Gasteiger partial charge in [0.15, 0.2) is 11.6 Å². The number of alkyl halides is 2. The van der Waals surface area contributed by atoms with Crippen LogP contribution in [-0.2, 0) is 9.59 Å². The lowest BCUT2D eigenvalue weighted by atomic mass is 9.45. The third kappa shape index (κ3) is 2.52. The Morgan fingerprint density at radius 2 is 2.00 bits per heavy atom. The molecule has 4 rings (SSSR count). The van der Waals surface area contributed by atoms with Crippen molar-refractivity contribution in [1.82, 2.24) is 0 Å². The van der Waals surface area contributed by atoms with Gasteiger partial charge in [0.25, 0.3) is 0 Å². The summed E-state index contributed by atoms with van der Waals surface area (Å²) in [5.41, 5.74) is -0.526. The Kier molecular flexibility index (Phi) is 4.72. The summed E-state index contributed by atoms with van der Waals surface area (Å²) in [6.07, 6.45) is 2.50. The van der Waals surface area contributed by atoms with Gasteiger partial charge in [-0.15, -0.1) is 0 Å². The van der Waals surface area contributed by atoms with E-state index < -0.39 is 29.1 Å². The predicted molar refractivity (Wildman–Crippen MR) is 102 cm³/mol. The second-order valence-corrected chi connectivity index (χ2v) is 10.6. The molecule has 2 N–H and O–H groups in total. The molecule has 9 atom stereocenters. The van der Waals surface area contributed by atoms with E-state index in [2.05, 4.69) is 22.9 Å². The van der Waals surface area contributed by atoms with Gasteiger partial charge >= 0.3 is 0 Å². The van der Waals surface area contributed by atoms with E-state index in [-0.39, 0.29) is 47.1 Å². The highest BCUT2D eigenvalue weighted by molar-refractivity contribution is 9.09. The molecule has 0 aromatic heterocycles. The number of hydrogen-bond acceptors (Lipinski definition) is 4. The summed E-state index contributed by atoms with van der Waals surface area (Å²) in [7, 11) is 0. The van der Waals surface area contributed by atoms with Crippen LogP contribution in [0.15, 0.2) is 11.6 Å². The largest absolute Gasteiger partial charge is 0.392 e. The molecule has 0 radical (unpaired) electrons. The molecule has 4 aliphatic carbocycles. The van der Waals surface area contributed by atoms with Crippen molar-refractivity contribution >= 4 is 27.5 Å². The molecule has 4 nitrogen and oxygen atoms in total. The Hall–Kier alpha value is -0.590. The van der Waals surface area contributed by atoms with Gasteiger partial charge in [0.1, 0.15) is 12.8 Å².